The van der Waals surface area contributed by atoms with Crippen LogP contribution in [0.25, 0.3) is 17.1 Å². The maximum Gasteiger partial charge on any atom is 0.326 e. The maximum absolute atomic E-state index is 12.9. The van der Waals surface area contributed by atoms with Crippen LogP contribution in [0.3, 0.4) is 0 Å². The number of ketones is 1. The van der Waals surface area contributed by atoms with Crippen molar-refractivity contribution in [3.8, 4) is 0 Å². The van der Waals surface area contributed by atoms with E-state index in [1.165, 1.54) is 0 Å². The van der Waals surface area contributed by atoms with E-state index in [9.17, 15) is 9.59 Å². The normalized spacial score (nSPS) is 18.8. The predicted molar refractivity (Wildman–Crippen MR) is 113 cm³/mol. The van der Waals surface area contributed by atoms with Crippen molar-refractivity contribution in [3.05, 3.63) is 71.7 Å². The summed E-state index contributed by atoms with van der Waals surface area (Å²) in [5.41, 5.74) is 2.56. The van der Waals surface area contributed by atoms with Gasteiger partial charge in [0, 0.05) is 29.9 Å². The molecule has 0 radical (unpaired) electrons. The number of aromatic nitrogens is 2. The number of pyridine rings is 1. The Labute approximate surface area is 173 Å². The first-order valence-electron chi connectivity index (χ1n) is 9.78. The molecule has 0 saturated carbocycles. The molecule has 0 spiro atoms. The number of hydrogen-bond donors (Lipinski definition) is 1. The van der Waals surface area contributed by atoms with Crippen LogP contribution in [-0.4, -0.2) is 40.8 Å². The van der Waals surface area contributed by atoms with Crippen molar-refractivity contribution in [1.82, 2.24) is 9.97 Å². The topological polar surface area (TPSA) is 93.6 Å². The van der Waals surface area contributed by atoms with E-state index in [0.717, 1.165) is 16.5 Å². The molecule has 152 valence electrons. The van der Waals surface area contributed by atoms with Crippen LogP contribution >= 0.6 is 0 Å². The fourth-order valence-electron chi connectivity index (χ4n) is 3.31. The highest BCUT2D eigenvalue weighted by molar-refractivity contribution is 6.27. The molecule has 0 amide bonds. The third-order valence-corrected chi connectivity index (χ3v) is 4.77. The largest absolute Gasteiger partial charge is 0.465 e. The molecule has 1 unspecified atom stereocenters. The van der Waals surface area contributed by atoms with E-state index < -0.39 is 17.7 Å². The Kier molecular flexibility index (Phi) is 5.70. The maximum atomic E-state index is 12.9. The van der Waals surface area contributed by atoms with Crippen molar-refractivity contribution in [1.29, 1.82) is 0 Å². The van der Waals surface area contributed by atoms with Crippen LogP contribution in [-0.2, 0) is 25.5 Å². The molecule has 30 heavy (non-hydrogen) atoms. The zero-order chi connectivity index (χ0) is 20.9. The van der Waals surface area contributed by atoms with Crippen molar-refractivity contribution in [2.75, 3.05) is 13.2 Å². The number of benzene rings is 1. The molecule has 1 fully saturated rings. The number of ether oxygens (including phenoxy) is 2. The van der Waals surface area contributed by atoms with Gasteiger partial charge in [0.25, 0.3) is 0 Å². The highest BCUT2D eigenvalue weighted by atomic mass is 16.5. The number of fused-ring (bicyclic) bond motifs is 1. The lowest BCUT2D eigenvalue weighted by atomic mass is 10.0. The first kappa shape index (κ1) is 19.6. The second-order valence-corrected chi connectivity index (χ2v) is 6.76. The first-order chi connectivity index (χ1) is 14.7. The van der Waals surface area contributed by atoms with E-state index in [4.69, 9.17) is 9.47 Å². The van der Waals surface area contributed by atoms with Gasteiger partial charge in [-0.05, 0) is 37.1 Å². The lowest BCUT2D eigenvalue weighted by Gasteiger charge is -2.06. The van der Waals surface area contributed by atoms with Gasteiger partial charge in [-0.2, -0.15) is 0 Å². The molecule has 0 bridgehead atoms. The lowest BCUT2D eigenvalue weighted by Crippen LogP contribution is -2.28. The molecule has 1 aromatic carbocycles. The highest BCUT2D eigenvalue weighted by Gasteiger charge is 2.44. The smallest absolute Gasteiger partial charge is 0.326 e. The second kappa shape index (κ2) is 8.73. The number of nitrogens with one attached hydrogen (secondary N) is 1. The van der Waals surface area contributed by atoms with Crippen LogP contribution in [0.4, 0.5) is 0 Å². The van der Waals surface area contributed by atoms with Crippen LogP contribution < -0.4 is 0 Å². The third-order valence-electron chi connectivity index (χ3n) is 4.77. The van der Waals surface area contributed by atoms with E-state index in [1.807, 2.05) is 42.5 Å². The first-order valence-corrected chi connectivity index (χ1v) is 9.78. The molecule has 4 rings (SSSR count). The third kappa shape index (κ3) is 4.00. The molecule has 3 heterocycles. The molecule has 2 aromatic heterocycles. The molecule has 7 nitrogen and oxygen atoms in total. The van der Waals surface area contributed by atoms with Crippen LogP contribution in [0.1, 0.15) is 18.1 Å². The fourth-order valence-corrected chi connectivity index (χ4v) is 3.31. The van der Waals surface area contributed by atoms with E-state index >= 15 is 0 Å². The fraction of sp³-hybridized carbons (Fsp3) is 0.217. The summed E-state index contributed by atoms with van der Waals surface area (Å²) in [6, 6.07) is 13.6. The Morgan fingerprint density at radius 2 is 2.10 bits per heavy atom. The van der Waals surface area contributed by atoms with Crippen molar-refractivity contribution in [2.24, 2.45) is 10.9 Å². The van der Waals surface area contributed by atoms with Crippen LogP contribution in [0.2, 0.25) is 0 Å². The molecule has 3 aromatic rings. The van der Waals surface area contributed by atoms with Crippen molar-refractivity contribution in [3.63, 3.8) is 0 Å². The number of esters is 1. The summed E-state index contributed by atoms with van der Waals surface area (Å²) in [6.07, 6.45) is 5.70. The molecule has 7 heteroatoms. The standard InChI is InChI=1S/C23H21N3O4/c1-2-29-23(28)19-20(27)18(13-16-14-26-21-17(16)9-6-11-24-21)30-22(19)25-12-10-15-7-4-3-5-8-15/h3-9,11,13-14,19H,2,10,12H2,1H3,(H,24,26)/b18-13-,25-22?. The molecule has 1 aliphatic heterocycles. The number of carbonyl (C=O) groups excluding carboxylic acids is 2. The molecular weight excluding hydrogens is 382 g/mol. The zero-order valence-corrected chi connectivity index (χ0v) is 16.5. The number of rotatable bonds is 6. The summed E-state index contributed by atoms with van der Waals surface area (Å²) in [5.74, 6) is -2.12. The number of Topliss-reactive ketones (excluding diaryl/α,β-unsaturated/α-hetero) is 1. The van der Waals surface area contributed by atoms with Gasteiger partial charge in [-0.15, -0.1) is 0 Å². The minimum Gasteiger partial charge on any atom is -0.465 e. The van der Waals surface area contributed by atoms with Gasteiger partial charge in [-0.3, -0.25) is 14.6 Å². The number of nitrogens with zero attached hydrogens (tertiary/aromatic N) is 2. The second-order valence-electron chi connectivity index (χ2n) is 6.76. The molecule has 1 N–H and O–H groups in total. The number of carbonyl (C=O) groups is 2. The van der Waals surface area contributed by atoms with Gasteiger partial charge in [0.05, 0.1) is 6.61 Å². The quantitative estimate of drug-likeness (QED) is 0.387. The van der Waals surface area contributed by atoms with Gasteiger partial charge in [0.2, 0.25) is 11.7 Å². The summed E-state index contributed by atoms with van der Waals surface area (Å²) >= 11 is 0. The number of allylic oxidation sites excluding steroid dienone is 1. The molecule has 1 aliphatic rings. The van der Waals surface area contributed by atoms with E-state index in [0.29, 0.717) is 18.6 Å². The monoisotopic (exact) mass is 403 g/mol. The van der Waals surface area contributed by atoms with Gasteiger partial charge in [0.1, 0.15) is 5.65 Å². The predicted octanol–water partition coefficient (Wildman–Crippen LogP) is 3.32. The number of aliphatic imine (C=N–C) groups is 1. The lowest BCUT2D eigenvalue weighted by molar-refractivity contribution is -0.147. The van der Waals surface area contributed by atoms with E-state index in [-0.39, 0.29) is 18.3 Å². The summed E-state index contributed by atoms with van der Waals surface area (Å²) in [5, 5.41) is 0.851. The minimum absolute atomic E-state index is 0.0660. The number of hydrogen-bond acceptors (Lipinski definition) is 6. The number of aromatic amines is 1. The Bertz CT molecular complexity index is 1130. The van der Waals surface area contributed by atoms with Gasteiger partial charge in [-0.25, -0.2) is 4.98 Å². The molecule has 1 atom stereocenters. The van der Waals surface area contributed by atoms with Gasteiger partial charge in [0.15, 0.2) is 11.7 Å². The minimum atomic E-state index is -1.17. The Morgan fingerprint density at radius 3 is 2.90 bits per heavy atom. The van der Waals surface area contributed by atoms with Crippen LogP contribution in [0, 0.1) is 5.92 Å². The Hall–Kier alpha value is -3.74. The SMILES string of the molecule is CCOC(=O)C1C(=O)/C(=C/c2c[nH]c3ncccc23)OC1=NCCc1ccccc1. The van der Waals surface area contributed by atoms with Crippen molar-refractivity contribution in [2.45, 2.75) is 13.3 Å². The molecule has 0 aliphatic carbocycles. The van der Waals surface area contributed by atoms with Crippen molar-refractivity contribution < 1.29 is 19.1 Å². The van der Waals surface area contributed by atoms with Gasteiger partial charge in [-0.1, -0.05) is 30.3 Å². The van der Waals surface area contributed by atoms with Crippen LogP contribution in [0.15, 0.2) is 65.6 Å². The van der Waals surface area contributed by atoms with Gasteiger partial charge >= 0.3 is 5.97 Å². The molecule has 1 saturated heterocycles. The Balaban J connectivity index is 1.61. The van der Waals surface area contributed by atoms with Gasteiger partial charge < -0.3 is 14.5 Å². The average molecular weight is 403 g/mol. The summed E-state index contributed by atoms with van der Waals surface area (Å²) in [6.45, 7) is 2.26. The number of H-pyrrole nitrogens is 1. The Morgan fingerprint density at radius 1 is 1.27 bits per heavy atom. The average Bonchev–Trinajstić information content (AvgIpc) is 3.30. The van der Waals surface area contributed by atoms with E-state index in [2.05, 4.69) is 15.0 Å². The van der Waals surface area contributed by atoms with Crippen LogP contribution in [0.5, 0.6) is 0 Å². The summed E-state index contributed by atoms with van der Waals surface area (Å²) in [7, 11) is 0. The summed E-state index contributed by atoms with van der Waals surface area (Å²) < 4.78 is 10.8. The highest BCUT2D eigenvalue weighted by Crippen LogP contribution is 2.27. The van der Waals surface area contributed by atoms with Crippen molar-refractivity contribution >= 4 is 34.8 Å². The molecular formula is C23H21N3O4. The zero-order valence-electron chi connectivity index (χ0n) is 16.5. The summed E-state index contributed by atoms with van der Waals surface area (Å²) in [4.78, 5) is 37.0. The van der Waals surface area contributed by atoms with E-state index in [1.54, 1.807) is 25.4 Å².